The van der Waals surface area contributed by atoms with E-state index in [9.17, 15) is 27.6 Å². The van der Waals surface area contributed by atoms with E-state index in [1.165, 1.54) is 12.1 Å². The number of para-hydroxylation sites is 1. The fourth-order valence-electron chi connectivity index (χ4n) is 3.46. The first-order valence-corrected chi connectivity index (χ1v) is 9.64. The maximum atomic E-state index is 13.0. The molecule has 0 unspecified atom stereocenters. The largest absolute Gasteiger partial charge is 0.455 e. The number of halogens is 3. The minimum atomic E-state index is -4.64. The molecule has 2 atom stereocenters. The highest BCUT2D eigenvalue weighted by atomic mass is 19.4. The van der Waals surface area contributed by atoms with Gasteiger partial charge in [-0.1, -0.05) is 42.5 Å². The van der Waals surface area contributed by atoms with Crippen LogP contribution in [0, 0.1) is 5.92 Å². The quantitative estimate of drug-likeness (QED) is 0.702. The van der Waals surface area contributed by atoms with Crippen molar-refractivity contribution >= 4 is 23.5 Å². The molecule has 1 N–H and O–H groups in total. The lowest BCUT2D eigenvalue weighted by Crippen LogP contribution is -2.30. The molecular weight excluding hydrogens is 413 g/mol. The zero-order valence-corrected chi connectivity index (χ0v) is 16.7. The molecule has 164 valence electrons. The van der Waals surface area contributed by atoms with E-state index in [2.05, 4.69) is 5.32 Å². The SMILES string of the molecule is C[C@H](c1ccccc1)N1C[C@@H](C(=O)OCC(=O)Nc2ccccc2C(F)(F)F)CC1=O. The molecule has 0 saturated carbocycles. The second-order valence-electron chi connectivity index (χ2n) is 7.23. The molecule has 0 spiro atoms. The Hall–Kier alpha value is -3.36. The number of amides is 2. The highest BCUT2D eigenvalue weighted by Crippen LogP contribution is 2.34. The molecule has 2 aromatic carbocycles. The van der Waals surface area contributed by atoms with Gasteiger partial charge in [-0.3, -0.25) is 14.4 Å². The zero-order valence-electron chi connectivity index (χ0n) is 16.7. The number of ether oxygens (including phenoxy) is 1. The number of alkyl halides is 3. The van der Waals surface area contributed by atoms with Crippen molar-refractivity contribution < 1.29 is 32.3 Å². The molecular formula is C22H21F3N2O4. The van der Waals surface area contributed by atoms with Crippen molar-refractivity contribution in [2.24, 2.45) is 5.92 Å². The van der Waals surface area contributed by atoms with Crippen LogP contribution in [-0.4, -0.2) is 35.8 Å². The lowest BCUT2D eigenvalue weighted by molar-refractivity contribution is -0.151. The van der Waals surface area contributed by atoms with Gasteiger partial charge in [0.2, 0.25) is 5.91 Å². The predicted octanol–water partition coefficient (Wildman–Crippen LogP) is 3.80. The fraction of sp³-hybridized carbons (Fsp3) is 0.318. The maximum absolute atomic E-state index is 13.0. The van der Waals surface area contributed by atoms with Crippen LogP contribution in [-0.2, 0) is 25.3 Å². The molecule has 1 fully saturated rings. The molecule has 2 amide bonds. The predicted molar refractivity (Wildman–Crippen MR) is 106 cm³/mol. The standard InChI is InChI=1S/C22H21F3N2O4/c1-14(15-7-3-2-4-8-15)27-12-16(11-20(27)29)21(30)31-13-19(28)26-18-10-6-5-9-17(18)22(23,24)25/h2-10,14,16H,11-13H2,1H3,(H,26,28)/t14-,16+/m1/s1. The molecule has 9 heteroatoms. The molecule has 0 aliphatic carbocycles. The third kappa shape index (κ3) is 5.42. The summed E-state index contributed by atoms with van der Waals surface area (Å²) in [4.78, 5) is 38.2. The Labute approximate surface area is 177 Å². The van der Waals surface area contributed by atoms with Crippen LogP contribution in [0.1, 0.15) is 30.5 Å². The Morgan fingerprint density at radius 1 is 1.13 bits per heavy atom. The normalized spacial score (nSPS) is 17.4. The highest BCUT2D eigenvalue weighted by Gasteiger charge is 2.38. The Bertz CT molecular complexity index is 963. The lowest BCUT2D eigenvalue weighted by Gasteiger charge is -2.25. The van der Waals surface area contributed by atoms with Gasteiger partial charge in [0.1, 0.15) is 0 Å². The molecule has 6 nitrogen and oxygen atoms in total. The summed E-state index contributed by atoms with van der Waals surface area (Å²) in [5.74, 6) is -2.59. The van der Waals surface area contributed by atoms with E-state index in [1.807, 2.05) is 37.3 Å². The van der Waals surface area contributed by atoms with E-state index in [0.29, 0.717) is 0 Å². The summed E-state index contributed by atoms with van der Waals surface area (Å²) in [7, 11) is 0. The number of hydrogen-bond acceptors (Lipinski definition) is 4. The summed E-state index contributed by atoms with van der Waals surface area (Å²) in [6.07, 6.45) is -4.68. The van der Waals surface area contributed by atoms with Crippen LogP contribution in [0.3, 0.4) is 0 Å². The van der Waals surface area contributed by atoms with E-state index in [1.54, 1.807) is 4.90 Å². The van der Waals surface area contributed by atoms with E-state index < -0.39 is 41.8 Å². The van der Waals surface area contributed by atoms with Gasteiger partial charge in [-0.15, -0.1) is 0 Å². The van der Waals surface area contributed by atoms with E-state index in [4.69, 9.17) is 4.74 Å². The maximum Gasteiger partial charge on any atom is 0.418 e. The van der Waals surface area contributed by atoms with E-state index in [0.717, 1.165) is 17.7 Å². The number of likely N-dealkylation sites (tertiary alicyclic amines) is 1. The first kappa shape index (κ1) is 22.3. The van der Waals surface area contributed by atoms with Gasteiger partial charge in [-0.25, -0.2) is 0 Å². The van der Waals surface area contributed by atoms with Crippen molar-refractivity contribution in [3.05, 3.63) is 65.7 Å². The molecule has 0 bridgehead atoms. The average Bonchev–Trinajstić information content (AvgIpc) is 3.13. The van der Waals surface area contributed by atoms with Gasteiger partial charge >= 0.3 is 12.1 Å². The van der Waals surface area contributed by atoms with Crippen LogP contribution in [0.2, 0.25) is 0 Å². The van der Waals surface area contributed by atoms with Crippen LogP contribution in [0.15, 0.2) is 54.6 Å². The number of nitrogens with zero attached hydrogens (tertiary/aromatic N) is 1. The second-order valence-corrected chi connectivity index (χ2v) is 7.23. The molecule has 0 radical (unpaired) electrons. The molecule has 2 aromatic rings. The summed E-state index contributed by atoms with van der Waals surface area (Å²) in [5.41, 5.74) is -0.496. The monoisotopic (exact) mass is 434 g/mol. The molecule has 31 heavy (non-hydrogen) atoms. The van der Waals surface area contributed by atoms with Crippen molar-refractivity contribution in [1.29, 1.82) is 0 Å². The second kappa shape index (κ2) is 9.20. The van der Waals surface area contributed by atoms with Crippen LogP contribution in [0.5, 0.6) is 0 Å². The number of carbonyl (C=O) groups is 3. The van der Waals surface area contributed by atoms with Crippen LogP contribution < -0.4 is 5.32 Å². The Balaban J connectivity index is 1.55. The first-order chi connectivity index (χ1) is 14.7. The fourth-order valence-corrected chi connectivity index (χ4v) is 3.46. The molecule has 1 aliphatic rings. The van der Waals surface area contributed by atoms with Gasteiger partial charge in [-0.05, 0) is 24.6 Å². The third-order valence-electron chi connectivity index (χ3n) is 5.09. The number of anilines is 1. The van der Waals surface area contributed by atoms with Crippen molar-refractivity contribution in [3.8, 4) is 0 Å². The van der Waals surface area contributed by atoms with Gasteiger partial charge in [0.25, 0.3) is 5.91 Å². The molecule has 1 heterocycles. The number of rotatable bonds is 6. The molecule has 1 saturated heterocycles. The third-order valence-corrected chi connectivity index (χ3v) is 5.09. The van der Waals surface area contributed by atoms with E-state index in [-0.39, 0.29) is 24.9 Å². The lowest BCUT2D eigenvalue weighted by atomic mass is 10.1. The summed E-state index contributed by atoms with van der Waals surface area (Å²) < 4.78 is 44.0. The van der Waals surface area contributed by atoms with Gasteiger partial charge < -0.3 is 15.0 Å². The molecule has 1 aliphatic heterocycles. The smallest absolute Gasteiger partial charge is 0.418 e. The van der Waals surface area contributed by atoms with Crippen LogP contribution in [0.4, 0.5) is 18.9 Å². The van der Waals surface area contributed by atoms with Gasteiger partial charge in [0.15, 0.2) is 6.61 Å². The summed E-state index contributed by atoms with van der Waals surface area (Å²) >= 11 is 0. The van der Waals surface area contributed by atoms with Crippen molar-refractivity contribution in [3.63, 3.8) is 0 Å². The number of hydrogen-bond donors (Lipinski definition) is 1. The molecule has 0 aromatic heterocycles. The van der Waals surface area contributed by atoms with E-state index >= 15 is 0 Å². The van der Waals surface area contributed by atoms with Gasteiger partial charge in [0.05, 0.1) is 23.2 Å². The van der Waals surface area contributed by atoms with Crippen LogP contribution in [0.25, 0.3) is 0 Å². The highest BCUT2D eigenvalue weighted by molar-refractivity contribution is 5.94. The summed E-state index contributed by atoms with van der Waals surface area (Å²) in [5, 5.41) is 2.11. The number of benzene rings is 2. The minimum Gasteiger partial charge on any atom is -0.455 e. The first-order valence-electron chi connectivity index (χ1n) is 9.64. The van der Waals surface area contributed by atoms with Crippen molar-refractivity contribution in [2.75, 3.05) is 18.5 Å². The van der Waals surface area contributed by atoms with Gasteiger partial charge in [0, 0.05) is 13.0 Å². The summed E-state index contributed by atoms with van der Waals surface area (Å²) in [6, 6.07) is 13.6. The summed E-state index contributed by atoms with van der Waals surface area (Å²) in [6.45, 7) is 1.25. The number of nitrogens with one attached hydrogen (secondary N) is 1. The number of esters is 1. The number of carbonyl (C=O) groups excluding carboxylic acids is 3. The van der Waals surface area contributed by atoms with Crippen LogP contribution >= 0.6 is 0 Å². The average molecular weight is 434 g/mol. The van der Waals surface area contributed by atoms with Crippen molar-refractivity contribution in [2.45, 2.75) is 25.6 Å². The zero-order chi connectivity index (χ0) is 22.6. The minimum absolute atomic E-state index is 0.0471. The molecule has 3 rings (SSSR count). The van der Waals surface area contributed by atoms with Gasteiger partial charge in [-0.2, -0.15) is 13.2 Å². The Morgan fingerprint density at radius 2 is 1.77 bits per heavy atom. The topological polar surface area (TPSA) is 75.7 Å². The Kier molecular flexibility index (Phi) is 6.62. The van der Waals surface area contributed by atoms with Crippen molar-refractivity contribution in [1.82, 2.24) is 4.90 Å². The Morgan fingerprint density at radius 3 is 2.45 bits per heavy atom.